The first-order valence-corrected chi connectivity index (χ1v) is 6.11. The Morgan fingerprint density at radius 3 is 2.95 bits per heavy atom. The van der Waals surface area contributed by atoms with Gasteiger partial charge in [-0.25, -0.2) is 4.79 Å². The molecule has 0 amide bonds. The molecular weight excluding hydrogens is 280 g/mol. The number of esters is 1. The van der Waals surface area contributed by atoms with Gasteiger partial charge in [0.15, 0.2) is 11.5 Å². The highest BCUT2D eigenvalue weighted by molar-refractivity contribution is 6.33. The van der Waals surface area contributed by atoms with Crippen molar-refractivity contribution in [1.82, 2.24) is 19.6 Å². The fourth-order valence-electron chi connectivity index (χ4n) is 1.88. The van der Waals surface area contributed by atoms with Crippen LogP contribution in [0, 0.1) is 0 Å². The van der Waals surface area contributed by atoms with Crippen LogP contribution in [0.5, 0.6) is 0 Å². The number of halogens is 1. The average Bonchev–Trinajstić information content (AvgIpc) is 2.91. The Balaban J connectivity index is 2.25. The van der Waals surface area contributed by atoms with Crippen LogP contribution in [0.25, 0.3) is 17.0 Å². The summed E-state index contributed by atoms with van der Waals surface area (Å²) in [7, 11) is 1.31. The van der Waals surface area contributed by atoms with Gasteiger partial charge < -0.3 is 4.74 Å². The van der Waals surface area contributed by atoms with E-state index < -0.39 is 5.97 Å². The lowest BCUT2D eigenvalue weighted by atomic mass is 10.2. The summed E-state index contributed by atoms with van der Waals surface area (Å²) >= 11 is 6.12. The molecule has 0 aliphatic carbocycles. The van der Waals surface area contributed by atoms with Gasteiger partial charge in [0.2, 0.25) is 0 Å². The predicted octanol–water partition coefficient (Wildman–Crippen LogP) is 2.23. The molecule has 7 heteroatoms. The van der Waals surface area contributed by atoms with Crippen LogP contribution in [0.2, 0.25) is 5.02 Å². The lowest BCUT2D eigenvalue weighted by molar-refractivity contribution is 0.0600. The Kier molecular flexibility index (Phi) is 3.08. The number of hydrogen-bond donors (Lipinski definition) is 0. The molecule has 6 nitrogen and oxygen atoms in total. The Morgan fingerprint density at radius 1 is 1.40 bits per heavy atom. The molecule has 0 radical (unpaired) electrons. The first-order chi connectivity index (χ1) is 9.70. The zero-order valence-corrected chi connectivity index (χ0v) is 11.2. The van der Waals surface area contributed by atoms with E-state index in [1.807, 2.05) is 6.07 Å². The highest BCUT2D eigenvalue weighted by Crippen LogP contribution is 2.23. The van der Waals surface area contributed by atoms with Crippen molar-refractivity contribution in [3.8, 4) is 11.4 Å². The quantitative estimate of drug-likeness (QED) is 0.676. The summed E-state index contributed by atoms with van der Waals surface area (Å²) in [6.07, 6.45) is 4.92. The van der Waals surface area contributed by atoms with Crippen LogP contribution in [0.1, 0.15) is 10.4 Å². The zero-order chi connectivity index (χ0) is 14.1. The van der Waals surface area contributed by atoms with Gasteiger partial charge in [0.25, 0.3) is 0 Å². The third-order valence-electron chi connectivity index (χ3n) is 2.80. The molecule has 0 bridgehead atoms. The van der Waals surface area contributed by atoms with E-state index in [1.165, 1.54) is 13.2 Å². The van der Waals surface area contributed by atoms with Gasteiger partial charge in [-0.1, -0.05) is 11.6 Å². The second-order valence-electron chi connectivity index (χ2n) is 4.03. The summed E-state index contributed by atoms with van der Waals surface area (Å²) in [5, 5.41) is 8.44. The summed E-state index contributed by atoms with van der Waals surface area (Å²) in [5.74, 6) is 0.0837. The number of ether oxygens (including phenoxy) is 1. The van der Waals surface area contributed by atoms with E-state index in [0.29, 0.717) is 22.1 Å². The molecule has 3 rings (SSSR count). The van der Waals surface area contributed by atoms with Crippen LogP contribution >= 0.6 is 11.6 Å². The molecule has 100 valence electrons. The monoisotopic (exact) mass is 288 g/mol. The number of hydrogen-bond acceptors (Lipinski definition) is 5. The molecule has 3 aromatic rings. The molecule has 3 aromatic heterocycles. The zero-order valence-electron chi connectivity index (χ0n) is 10.4. The van der Waals surface area contributed by atoms with Crippen molar-refractivity contribution in [3.63, 3.8) is 0 Å². The third kappa shape index (κ3) is 2.00. The molecule has 0 saturated carbocycles. The second kappa shape index (κ2) is 4.90. The Morgan fingerprint density at radius 2 is 2.25 bits per heavy atom. The van der Waals surface area contributed by atoms with Crippen molar-refractivity contribution >= 4 is 23.2 Å². The van der Waals surface area contributed by atoms with Gasteiger partial charge in [0, 0.05) is 24.2 Å². The van der Waals surface area contributed by atoms with Crippen LogP contribution in [-0.2, 0) is 4.74 Å². The number of carbonyl (C=O) groups excluding carboxylic acids is 1. The van der Waals surface area contributed by atoms with Gasteiger partial charge in [-0.2, -0.15) is 0 Å². The minimum absolute atomic E-state index is 0.329. The van der Waals surface area contributed by atoms with E-state index in [9.17, 15) is 4.79 Å². The van der Waals surface area contributed by atoms with Crippen LogP contribution in [0.15, 0.2) is 36.8 Å². The number of carbonyl (C=O) groups is 1. The predicted molar refractivity (Wildman–Crippen MR) is 72.6 cm³/mol. The second-order valence-corrected chi connectivity index (χ2v) is 4.43. The van der Waals surface area contributed by atoms with Crippen molar-refractivity contribution in [2.45, 2.75) is 0 Å². The molecule has 0 N–H and O–H groups in total. The number of fused-ring (bicyclic) bond motifs is 1. The molecule has 0 spiro atoms. The average molecular weight is 289 g/mol. The topological polar surface area (TPSA) is 69.4 Å². The van der Waals surface area contributed by atoms with E-state index in [-0.39, 0.29) is 0 Å². The maximum atomic E-state index is 11.6. The number of methoxy groups -OCH3 is 1. The fourth-order valence-corrected chi connectivity index (χ4v) is 2.12. The molecular formula is C13H9ClN4O2. The van der Waals surface area contributed by atoms with Gasteiger partial charge >= 0.3 is 5.97 Å². The van der Waals surface area contributed by atoms with Gasteiger partial charge in [0.1, 0.15) is 0 Å². The number of nitrogens with zero attached hydrogens (tertiary/aromatic N) is 4. The van der Waals surface area contributed by atoms with Crippen molar-refractivity contribution in [2.75, 3.05) is 7.11 Å². The summed E-state index contributed by atoms with van der Waals surface area (Å²) in [5.41, 5.74) is 1.58. The molecule has 0 saturated heterocycles. The number of pyridine rings is 2. The maximum Gasteiger partial charge on any atom is 0.339 e. The van der Waals surface area contributed by atoms with Gasteiger partial charge in [-0.3, -0.25) is 9.38 Å². The Labute approximate surface area is 119 Å². The van der Waals surface area contributed by atoms with Gasteiger partial charge in [-0.05, 0) is 18.2 Å². The van der Waals surface area contributed by atoms with Crippen molar-refractivity contribution in [2.24, 2.45) is 0 Å². The highest BCUT2D eigenvalue weighted by Gasteiger charge is 2.15. The van der Waals surface area contributed by atoms with Crippen molar-refractivity contribution in [1.29, 1.82) is 0 Å². The molecule has 0 fully saturated rings. The fraction of sp³-hybridized carbons (Fsp3) is 0.0769. The van der Waals surface area contributed by atoms with Crippen molar-refractivity contribution < 1.29 is 9.53 Å². The smallest absolute Gasteiger partial charge is 0.339 e. The minimum atomic E-state index is -0.473. The van der Waals surface area contributed by atoms with Gasteiger partial charge in [-0.15, -0.1) is 10.2 Å². The van der Waals surface area contributed by atoms with Gasteiger partial charge in [0.05, 0.1) is 17.7 Å². The molecule has 0 aliphatic heterocycles. The summed E-state index contributed by atoms with van der Waals surface area (Å²) in [6, 6.07) is 5.15. The lowest BCUT2D eigenvalue weighted by Crippen LogP contribution is -2.03. The Bertz CT molecular complexity index is 786. The molecule has 3 heterocycles. The Hall–Kier alpha value is -2.47. The minimum Gasteiger partial charge on any atom is -0.465 e. The normalized spacial score (nSPS) is 10.7. The van der Waals surface area contributed by atoms with E-state index in [4.69, 9.17) is 16.3 Å². The van der Waals surface area contributed by atoms with E-state index >= 15 is 0 Å². The van der Waals surface area contributed by atoms with E-state index in [0.717, 1.165) is 5.56 Å². The van der Waals surface area contributed by atoms with E-state index in [1.54, 1.807) is 29.1 Å². The molecule has 0 unspecified atom stereocenters. The van der Waals surface area contributed by atoms with Crippen LogP contribution in [0.3, 0.4) is 0 Å². The molecule has 20 heavy (non-hydrogen) atoms. The molecule has 0 aromatic carbocycles. The number of aromatic nitrogens is 4. The lowest BCUT2D eigenvalue weighted by Gasteiger charge is -2.04. The summed E-state index contributed by atoms with van der Waals surface area (Å²) in [4.78, 5) is 15.7. The van der Waals surface area contributed by atoms with E-state index in [2.05, 4.69) is 15.2 Å². The SMILES string of the molecule is COC(=O)c1cc(Cl)c2nnc(-c3cccnc3)n2c1. The van der Waals surface area contributed by atoms with Crippen LogP contribution in [0.4, 0.5) is 0 Å². The third-order valence-corrected chi connectivity index (χ3v) is 3.08. The number of rotatable bonds is 2. The van der Waals surface area contributed by atoms with Crippen LogP contribution < -0.4 is 0 Å². The van der Waals surface area contributed by atoms with Crippen molar-refractivity contribution in [3.05, 3.63) is 47.4 Å². The summed E-state index contributed by atoms with van der Waals surface area (Å²) < 4.78 is 6.34. The molecule has 0 aliphatic rings. The highest BCUT2D eigenvalue weighted by atomic mass is 35.5. The largest absolute Gasteiger partial charge is 0.465 e. The molecule has 0 atom stereocenters. The standard InChI is InChI=1S/C13H9ClN4O2/c1-20-13(19)9-5-10(14)12-17-16-11(18(12)7-9)8-3-2-4-15-6-8/h2-7H,1H3. The first kappa shape index (κ1) is 12.6. The van der Waals surface area contributed by atoms with Crippen LogP contribution in [-0.4, -0.2) is 32.7 Å². The first-order valence-electron chi connectivity index (χ1n) is 5.73. The maximum absolute atomic E-state index is 11.6. The summed E-state index contributed by atoms with van der Waals surface area (Å²) in [6.45, 7) is 0.